The van der Waals surface area contributed by atoms with Gasteiger partial charge in [-0.25, -0.2) is 0 Å². The second-order valence-corrected chi connectivity index (χ2v) is 2.23. The van der Waals surface area contributed by atoms with E-state index >= 15 is 0 Å². The van der Waals surface area contributed by atoms with Crippen LogP contribution in [0, 0.1) is 10.1 Å². The fourth-order valence-electron chi connectivity index (χ4n) is 0.861. The van der Waals surface area contributed by atoms with E-state index in [-0.39, 0.29) is 11.6 Å². The van der Waals surface area contributed by atoms with Crippen molar-refractivity contribution in [1.29, 1.82) is 0 Å². The van der Waals surface area contributed by atoms with Gasteiger partial charge in [-0.3, -0.25) is 10.1 Å². The second-order valence-electron chi connectivity index (χ2n) is 2.23. The van der Waals surface area contributed by atoms with E-state index in [1.807, 2.05) is 0 Å². The van der Waals surface area contributed by atoms with Crippen LogP contribution in [-0.4, -0.2) is 24.1 Å². The third-order valence-electron chi connectivity index (χ3n) is 1.49. The highest BCUT2D eigenvalue weighted by Crippen LogP contribution is 2.25. The Morgan fingerprint density at radius 1 is 1.62 bits per heavy atom. The number of rotatable bonds is 3. The van der Waals surface area contributed by atoms with Crippen molar-refractivity contribution in [3.8, 4) is 5.88 Å². The quantitative estimate of drug-likeness (QED) is 0.559. The first-order chi connectivity index (χ1) is 6.19. The molecule has 1 aromatic rings. The molecule has 6 nitrogen and oxygen atoms in total. The Kier molecular flexibility index (Phi) is 2.63. The molecule has 0 spiro atoms. The Morgan fingerprint density at radius 2 is 2.31 bits per heavy atom. The number of aromatic nitrogens is 1. The van der Waals surface area contributed by atoms with E-state index in [1.54, 1.807) is 7.05 Å². The SMILES string of the molecule is CNc1ccc([N+](=O)[O-])c(OC)n1. The van der Waals surface area contributed by atoms with E-state index in [1.165, 1.54) is 19.2 Å². The van der Waals surface area contributed by atoms with E-state index in [0.29, 0.717) is 5.82 Å². The van der Waals surface area contributed by atoms with Crippen LogP contribution in [-0.2, 0) is 0 Å². The zero-order chi connectivity index (χ0) is 9.84. The van der Waals surface area contributed by atoms with E-state index in [2.05, 4.69) is 10.3 Å². The maximum absolute atomic E-state index is 10.4. The zero-order valence-electron chi connectivity index (χ0n) is 7.27. The third kappa shape index (κ3) is 1.84. The summed E-state index contributed by atoms with van der Waals surface area (Å²) < 4.78 is 4.76. The molecule has 0 aliphatic heterocycles. The smallest absolute Gasteiger partial charge is 0.331 e. The largest absolute Gasteiger partial charge is 0.476 e. The van der Waals surface area contributed by atoms with E-state index in [0.717, 1.165) is 0 Å². The first kappa shape index (κ1) is 9.24. The van der Waals surface area contributed by atoms with Crippen molar-refractivity contribution in [3.63, 3.8) is 0 Å². The highest BCUT2D eigenvalue weighted by atomic mass is 16.6. The minimum Gasteiger partial charge on any atom is -0.476 e. The van der Waals surface area contributed by atoms with Crippen molar-refractivity contribution >= 4 is 11.5 Å². The molecule has 1 N–H and O–H groups in total. The van der Waals surface area contributed by atoms with Crippen LogP contribution in [0.3, 0.4) is 0 Å². The van der Waals surface area contributed by atoms with Gasteiger partial charge in [0.2, 0.25) is 0 Å². The van der Waals surface area contributed by atoms with Crippen molar-refractivity contribution in [1.82, 2.24) is 4.98 Å². The summed E-state index contributed by atoms with van der Waals surface area (Å²) in [7, 11) is 3.02. The van der Waals surface area contributed by atoms with Crippen molar-refractivity contribution in [3.05, 3.63) is 22.2 Å². The Bertz CT molecular complexity index is 327. The molecule has 13 heavy (non-hydrogen) atoms. The average molecular weight is 183 g/mol. The Morgan fingerprint density at radius 3 is 2.77 bits per heavy atom. The van der Waals surface area contributed by atoms with Crippen molar-refractivity contribution in [2.45, 2.75) is 0 Å². The van der Waals surface area contributed by atoms with Crippen molar-refractivity contribution < 1.29 is 9.66 Å². The summed E-state index contributed by atoms with van der Waals surface area (Å²) in [4.78, 5) is 13.8. The lowest BCUT2D eigenvalue weighted by atomic mass is 10.4. The molecule has 0 aliphatic rings. The summed E-state index contributed by atoms with van der Waals surface area (Å²) >= 11 is 0. The van der Waals surface area contributed by atoms with Crippen LogP contribution in [0.5, 0.6) is 5.88 Å². The van der Waals surface area contributed by atoms with Gasteiger partial charge in [0.1, 0.15) is 5.82 Å². The number of methoxy groups -OCH3 is 1. The van der Waals surface area contributed by atoms with Gasteiger partial charge in [-0.15, -0.1) is 0 Å². The van der Waals surface area contributed by atoms with Gasteiger partial charge in [0.25, 0.3) is 5.88 Å². The van der Waals surface area contributed by atoms with Gasteiger partial charge in [-0.05, 0) is 6.07 Å². The van der Waals surface area contributed by atoms with Crippen molar-refractivity contribution in [2.24, 2.45) is 0 Å². The number of hydrogen-bond donors (Lipinski definition) is 1. The van der Waals surface area contributed by atoms with Crippen LogP contribution in [0.25, 0.3) is 0 Å². The van der Waals surface area contributed by atoms with Crippen molar-refractivity contribution in [2.75, 3.05) is 19.5 Å². The maximum atomic E-state index is 10.4. The molecular formula is C7H9N3O3. The molecule has 1 heterocycles. The van der Waals surface area contributed by atoms with Crippen LogP contribution in [0.1, 0.15) is 0 Å². The molecule has 0 aromatic carbocycles. The number of ether oxygens (including phenoxy) is 1. The lowest BCUT2D eigenvalue weighted by Gasteiger charge is -2.02. The Hall–Kier alpha value is -1.85. The number of pyridine rings is 1. The molecule has 6 heteroatoms. The molecule has 70 valence electrons. The minimum absolute atomic E-state index is 0.0110. The number of nitrogens with zero attached hydrogens (tertiary/aromatic N) is 2. The predicted molar refractivity (Wildman–Crippen MR) is 47.0 cm³/mol. The summed E-state index contributed by atoms with van der Waals surface area (Å²) in [5, 5.41) is 13.2. The van der Waals surface area contributed by atoms with Gasteiger partial charge in [-0.1, -0.05) is 0 Å². The van der Waals surface area contributed by atoms with Gasteiger partial charge < -0.3 is 10.1 Å². The summed E-state index contributed by atoms with van der Waals surface area (Å²) in [5.74, 6) is 0.541. The predicted octanol–water partition coefficient (Wildman–Crippen LogP) is 1.04. The van der Waals surface area contributed by atoms with Gasteiger partial charge in [-0.2, -0.15) is 4.98 Å². The normalized spacial score (nSPS) is 9.38. The number of hydrogen-bond acceptors (Lipinski definition) is 5. The molecule has 0 aliphatic carbocycles. The molecule has 0 unspecified atom stereocenters. The summed E-state index contributed by atoms with van der Waals surface area (Å²) in [5.41, 5.74) is -0.137. The van der Waals surface area contributed by atoms with Gasteiger partial charge >= 0.3 is 5.69 Å². The standard InChI is InChI=1S/C7H9N3O3/c1-8-6-4-3-5(10(11)12)7(9-6)13-2/h3-4H,1-2H3,(H,8,9). The molecule has 1 aromatic heterocycles. The zero-order valence-corrected chi connectivity index (χ0v) is 7.27. The van der Waals surface area contributed by atoms with E-state index in [9.17, 15) is 10.1 Å². The average Bonchev–Trinajstić information content (AvgIpc) is 2.16. The summed E-state index contributed by atoms with van der Waals surface area (Å²) in [6.07, 6.45) is 0. The van der Waals surface area contributed by atoms with Crippen LogP contribution >= 0.6 is 0 Å². The highest BCUT2D eigenvalue weighted by Gasteiger charge is 2.15. The van der Waals surface area contributed by atoms with Gasteiger partial charge in [0.15, 0.2) is 0 Å². The molecule has 1 rings (SSSR count). The van der Waals surface area contributed by atoms with Crippen LogP contribution < -0.4 is 10.1 Å². The number of anilines is 1. The lowest BCUT2D eigenvalue weighted by Crippen LogP contribution is -1.99. The second kappa shape index (κ2) is 3.70. The Balaban J connectivity index is 3.15. The molecule has 0 saturated heterocycles. The molecule has 0 radical (unpaired) electrons. The van der Waals surface area contributed by atoms with Crippen LogP contribution in [0.4, 0.5) is 11.5 Å². The summed E-state index contributed by atoms with van der Waals surface area (Å²) in [6.45, 7) is 0. The lowest BCUT2D eigenvalue weighted by molar-refractivity contribution is -0.386. The fourth-order valence-corrected chi connectivity index (χ4v) is 0.861. The van der Waals surface area contributed by atoms with Gasteiger partial charge in [0.05, 0.1) is 12.0 Å². The Labute approximate surface area is 74.7 Å². The van der Waals surface area contributed by atoms with Crippen LogP contribution in [0.2, 0.25) is 0 Å². The number of nitrogens with one attached hydrogen (secondary N) is 1. The topological polar surface area (TPSA) is 77.3 Å². The first-order valence-corrected chi connectivity index (χ1v) is 3.56. The monoisotopic (exact) mass is 183 g/mol. The fraction of sp³-hybridized carbons (Fsp3) is 0.286. The number of nitro groups is 1. The molecular weight excluding hydrogens is 174 g/mol. The first-order valence-electron chi connectivity index (χ1n) is 3.56. The van der Waals surface area contributed by atoms with Gasteiger partial charge in [0, 0.05) is 13.1 Å². The molecule has 0 fully saturated rings. The van der Waals surface area contributed by atoms with E-state index < -0.39 is 4.92 Å². The van der Waals surface area contributed by atoms with E-state index in [4.69, 9.17) is 4.74 Å². The van der Waals surface area contributed by atoms with Crippen LogP contribution in [0.15, 0.2) is 12.1 Å². The highest BCUT2D eigenvalue weighted by molar-refractivity contribution is 5.48. The minimum atomic E-state index is -0.536. The maximum Gasteiger partial charge on any atom is 0.331 e. The third-order valence-corrected chi connectivity index (χ3v) is 1.49. The molecule has 0 atom stereocenters. The summed E-state index contributed by atoms with van der Waals surface area (Å²) in [6, 6.07) is 2.86. The molecule has 0 bridgehead atoms. The molecule has 0 amide bonds. The molecule has 0 saturated carbocycles.